The van der Waals surface area contributed by atoms with Crippen LogP contribution in [0.4, 0.5) is 11.9 Å². The highest BCUT2D eigenvalue weighted by atomic mass is 35.5. The molecule has 0 saturated heterocycles. The fourth-order valence-electron chi connectivity index (χ4n) is 1.26. The summed E-state index contributed by atoms with van der Waals surface area (Å²) in [4.78, 5) is 14.4. The van der Waals surface area contributed by atoms with Gasteiger partial charge in [-0.1, -0.05) is 13.8 Å². The van der Waals surface area contributed by atoms with Crippen molar-refractivity contribution >= 4 is 23.5 Å². The largest absolute Gasteiger partial charge is 0.354 e. The third kappa shape index (κ3) is 3.81. The number of hydrogen-bond acceptors (Lipinski definition) is 5. The number of nitrogens with zero attached hydrogens (tertiary/aromatic N) is 4. The summed E-state index contributed by atoms with van der Waals surface area (Å²) in [7, 11) is 1.94. The molecule has 0 aliphatic rings. The molecule has 16 heavy (non-hydrogen) atoms. The summed E-state index contributed by atoms with van der Waals surface area (Å²) < 4.78 is 0. The molecule has 1 heterocycles. The summed E-state index contributed by atoms with van der Waals surface area (Å²) in [6, 6.07) is 0. The van der Waals surface area contributed by atoms with E-state index >= 15 is 0 Å². The maximum absolute atomic E-state index is 5.84. The number of anilines is 2. The van der Waals surface area contributed by atoms with Gasteiger partial charge in [0.15, 0.2) is 0 Å². The Hall–Kier alpha value is -1.10. The van der Waals surface area contributed by atoms with Crippen LogP contribution in [0.1, 0.15) is 26.7 Å². The smallest absolute Gasteiger partial charge is 0.231 e. The topological polar surface area (TPSA) is 53.9 Å². The number of halogens is 1. The van der Waals surface area contributed by atoms with Gasteiger partial charge in [-0.25, -0.2) is 0 Å². The zero-order valence-corrected chi connectivity index (χ0v) is 10.8. The monoisotopic (exact) mass is 243 g/mol. The number of hydrogen-bond donors (Lipinski definition) is 1. The first-order valence-electron chi connectivity index (χ1n) is 5.54. The first kappa shape index (κ1) is 13.0. The van der Waals surface area contributed by atoms with E-state index in [1.807, 2.05) is 11.9 Å². The van der Waals surface area contributed by atoms with Crippen molar-refractivity contribution in [3.05, 3.63) is 5.28 Å². The van der Waals surface area contributed by atoms with Gasteiger partial charge in [-0.3, -0.25) is 0 Å². The van der Waals surface area contributed by atoms with Crippen LogP contribution < -0.4 is 10.2 Å². The maximum atomic E-state index is 5.84. The van der Waals surface area contributed by atoms with E-state index in [-0.39, 0.29) is 5.28 Å². The van der Waals surface area contributed by atoms with Gasteiger partial charge < -0.3 is 10.2 Å². The predicted molar refractivity (Wildman–Crippen MR) is 67.2 cm³/mol. The second-order valence-electron chi connectivity index (χ2n) is 3.58. The Balaban J connectivity index is 2.80. The first-order valence-corrected chi connectivity index (χ1v) is 5.91. The summed E-state index contributed by atoms with van der Waals surface area (Å²) in [6.45, 7) is 5.92. The molecule has 1 N–H and O–H groups in total. The third-order valence-electron chi connectivity index (χ3n) is 2.03. The van der Waals surface area contributed by atoms with Crippen LogP contribution in [0.3, 0.4) is 0 Å². The number of nitrogens with one attached hydrogen (secondary N) is 1. The highest BCUT2D eigenvalue weighted by Crippen LogP contribution is 2.12. The lowest BCUT2D eigenvalue weighted by molar-refractivity contribution is 0.809. The molecule has 0 radical (unpaired) electrons. The SMILES string of the molecule is CCCNc1nc(Cl)nc(N(C)CCC)n1. The summed E-state index contributed by atoms with van der Waals surface area (Å²) in [5.74, 6) is 1.15. The van der Waals surface area contributed by atoms with Crippen LogP contribution in [-0.2, 0) is 0 Å². The lowest BCUT2D eigenvalue weighted by Crippen LogP contribution is -2.21. The van der Waals surface area contributed by atoms with E-state index < -0.39 is 0 Å². The van der Waals surface area contributed by atoms with Crippen LogP contribution in [0, 0.1) is 0 Å². The molecule has 5 nitrogen and oxygen atoms in total. The summed E-state index contributed by atoms with van der Waals surface area (Å²) >= 11 is 5.84. The highest BCUT2D eigenvalue weighted by molar-refractivity contribution is 6.28. The van der Waals surface area contributed by atoms with Crippen LogP contribution in [0.25, 0.3) is 0 Å². The second kappa shape index (κ2) is 6.48. The Morgan fingerprint density at radius 3 is 2.56 bits per heavy atom. The number of rotatable bonds is 6. The molecule has 0 aliphatic heterocycles. The number of aromatic nitrogens is 3. The molecule has 0 spiro atoms. The van der Waals surface area contributed by atoms with Crippen molar-refractivity contribution in [3.8, 4) is 0 Å². The minimum absolute atomic E-state index is 0.228. The highest BCUT2D eigenvalue weighted by Gasteiger charge is 2.07. The molecule has 1 aromatic rings. The van der Waals surface area contributed by atoms with Gasteiger partial charge in [0.2, 0.25) is 17.2 Å². The molecule has 1 rings (SSSR count). The van der Waals surface area contributed by atoms with Crippen LogP contribution >= 0.6 is 11.6 Å². The van der Waals surface area contributed by atoms with E-state index in [2.05, 4.69) is 34.1 Å². The van der Waals surface area contributed by atoms with Gasteiger partial charge in [-0.05, 0) is 24.4 Å². The fourth-order valence-corrected chi connectivity index (χ4v) is 1.42. The zero-order valence-electron chi connectivity index (χ0n) is 10.00. The van der Waals surface area contributed by atoms with Crippen molar-refractivity contribution in [2.75, 3.05) is 30.4 Å². The summed E-state index contributed by atoms with van der Waals surface area (Å²) in [5, 5.41) is 3.33. The minimum atomic E-state index is 0.228. The van der Waals surface area contributed by atoms with Crippen molar-refractivity contribution in [3.63, 3.8) is 0 Å². The van der Waals surface area contributed by atoms with Gasteiger partial charge in [-0.15, -0.1) is 0 Å². The van der Waals surface area contributed by atoms with E-state index in [0.29, 0.717) is 11.9 Å². The molecular weight excluding hydrogens is 226 g/mol. The van der Waals surface area contributed by atoms with Crippen molar-refractivity contribution in [1.82, 2.24) is 15.0 Å². The minimum Gasteiger partial charge on any atom is -0.354 e. The molecule has 0 amide bonds. The fraction of sp³-hybridized carbons (Fsp3) is 0.700. The first-order chi connectivity index (χ1) is 7.67. The Bertz CT molecular complexity index is 331. The standard InChI is InChI=1S/C10H18ClN5/c1-4-6-12-9-13-8(11)14-10(15-9)16(3)7-5-2/h4-7H2,1-3H3,(H,12,13,14,15). The molecule has 1 aromatic heterocycles. The van der Waals surface area contributed by atoms with Gasteiger partial charge in [0.05, 0.1) is 0 Å². The van der Waals surface area contributed by atoms with Gasteiger partial charge >= 0.3 is 0 Å². The van der Waals surface area contributed by atoms with Crippen molar-refractivity contribution in [2.45, 2.75) is 26.7 Å². The Labute approximate surface area is 101 Å². The van der Waals surface area contributed by atoms with Crippen LogP contribution in [0.15, 0.2) is 0 Å². The second-order valence-corrected chi connectivity index (χ2v) is 3.91. The van der Waals surface area contributed by atoms with Gasteiger partial charge in [0.25, 0.3) is 0 Å². The van der Waals surface area contributed by atoms with Gasteiger partial charge in [0, 0.05) is 20.1 Å². The van der Waals surface area contributed by atoms with Crippen LogP contribution in [0.5, 0.6) is 0 Å². The van der Waals surface area contributed by atoms with Crippen molar-refractivity contribution < 1.29 is 0 Å². The van der Waals surface area contributed by atoms with Crippen LogP contribution in [-0.4, -0.2) is 35.1 Å². The van der Waals surface area contributed by atoms with Gasteiger partial charge in [0.1, 0.15) is 0 Å². The molecule has 0 saturated carbocycles. The van der Waals surface area contributed by atoms with Crippen molar-refractivity contribution in [2.24, 2.45) is 0 Å². The van der Waals surface area contributed by atoms with E-state index in [4.69, 9.17) is 11.6 Å². The van der Waals surface area contributed by atoms with E-state index in [0.717, 1.165) is 25.9 Å². The summed E-state index contributed by atoms with van der Waals surface area (Å²) in [5.41, 5.74) is 0. The molecule has 90 valence electrons. The molecule has 0 aromatic carbocycles. The van der Waals surface area contributed by atoms with E-state index in [9.17, 15) is 0 Å². The average molecular weight is 244 g/mol. The quantitative estimate of drug-likeness (QED) is 0.830. The summed E-state index contributed by atoms with van der Waals surface area (Å²) in [6.07, 6.45) is 2.06. The predicted octanol–water partition coefficient (Wildman–Crippen LogP) is 2.19. The Morgan fingerprint density at radius 1 is 1.19 bits per heavy atom. The maximum Gasteiger partial charge on any atom is 0.231 e. The molecule has 0 aliphatic carbocycles. The molecule has 0 fully saturated rings. The molecule has 0 atom stereocenters. The van der Waals surface area contributed by atoms with E-state index in [1.54, 1.807) is 0 Å². The molecule has 0 unspecified atom stereocenters. The van der Waals surface area contributed by atoms with Crippen LogP contribution in [0.2, 0.25) is 5.28 Å². The Kier molecular flexibility index (Phi) is 5.25. The van der Waals surface area contributed by atoms with Gasteiger partial charge in [-0.2, -0.15) is 15.0 Å². The molecule has 6 heteroatoms. The normalized spacial score (nSPS) is 10.2. The van der Waals surface area contributed by atoms with Crippen molar-refractivity contribution in [1.29, 1.82) is 0 Å². The molecular formula is C10H18ClN5. The van der Waals surface area contributed by atoms with E-state index in [1.165, 1.54) is 0 Å². The lowest BCUT2D eigenvalue weighted by atomic mass is 10.4. The average Bonchev–Trinajstić information content (AvgIpc) is 2.26. The molecule has 0 bridgehead atoms. The zero-order chi connectivity index (χ0) is 12.0. The third-order valence-corrected chi connectivity index (χ3v) is 2.20. The Morgan fingerprint density at radius 2 is 1.94 bits per heavy atom. The lowest BCUT2D eigenvalue weighted by Gasteiger charge is -2.16.